The summed E-state index contributed by atoms with van der Waals surface area (Å²) in [7, 11) is 0. The van der Waals surface area contributed by atoms with Gasteiger partial charge in [-0.25, -0.2) is 0 Å². The number of piperazine rings is 1. The Morgan fingerprint density at radius 1 is 0.897 bits per heavy atom. The molecule has 9 rings (SSSR count). The lowest BCUT2D eigenvalue weighted by atomic mass is 10.1. The van der Waals surface area contributed by atoms with Crippen LogP contribution >= 0.6 is 0 Å². The number of halogens is 3. The van der Waals surface area contributed by atoms with Crippen LogP contribution in [-0.4, -0.2) is 82.8 Å². The van der Waals surface area contributed by atoms with Crippen molar-refractivity contribution in [1.82, 2.24) is 24.8 Å². The Bertz CT molecular complexity index is 1270. The third-order valence-corrected chi connectivity index (χ3v) is 6.29. The number of carbonyl (C=O) groups is 1. The van der Waals surface area contributed by atoms with Crippen LogP contribution in [0.15, 0.2) is 48.5 Å². The molecule has 0 spiro atoms. The molecule has 6 aliphatic rings. The summed E-state index contributed by atoms with van der Waals surface area (Å²) in [5.41, 5.74) is 1.98. The van der Waals surface area contributed by atoms with E-state index in [0.717, 1.165) is 37.4 Å². The molecule has 1 aromatic heterocycles. The molecule has 0 unspecified atom stereocenters. The molecule has 2 aromatic carbocycles. The van der Waals surface area contributed by atoms with Crippen LogP contribution in [0.4, 0.5) is 30.8 Å². The number of fused-ring (bicyclic) bond motifs is 1. The van der Waals surface area contributed by atoms with E-state index in [4.69, 9.17) is 9.47 Å². The van der Waals surface area contributed by atoms with Gasteiger partial charge in [-0.15, -0.1) is 0 Å². The van der Waals surface area contributed by atoms with Gasteiger partial charge < -0.3 is 25.0 Å². The molecule has 1 saturated heterocycles. The average Bonchev–Trinajstić information content (AvgIpc) is 2.93. The van der Waals surface area contributed by atoms with E-state index in [1.807, 2.05) is 29.2 Å². The van der Waals surface area contributed by atoms with E-state index in [1.54, 1.807) is 24.3 Å². The largest absolute Gasteiger partial charge is 0.494 e. The third kappa shape index (κ3) is 7.47. The third-order valence-electron chi connectivity index (χ3n) is 6.29. The van der Waals surface area contributed by atoms with Gasteiger partial charge in [-0.2, -0.15) is 28.1 Å². The van der Waals surface area contributed by atoms with Gasteiger partial charge in [0.05, 0.1) is 6.61 Å². The number of benzene rings is 2. The summed E-state index contributed by atoms with van der Waals surface area (Å²) in [6.07, 6.45) is -3.68. The molecular weight excluding hydrogens is 515 g/mol. The quantitative estimate of drug-likeness (QED) is 0.501. The molecule has 8 bridgehead atoms. The van der Waals surface area contributed by atoms with Crippen LogP contribution in [0.25, 0.3) is 0 Å². The maximum atomic E-state index is 13.0. The van der Waals surface area contributed by atoms with Gasteiger partial charge in [0.15, 0.2) is 6.61 Å². The van der Waals surface area contributed by atoms with Crippen molar-refractivity contribution >= 4 is 23.5 Å². The number of carbonyl (C=O) groups excluding carboxylic acids is 1. The zero-order valence-electron chi connectivity index (χ0n) is 21.1. The fourth-order valence-electron chi connectivity index (χ4n) is 4.25. The molecule has 3 aromatic rings. The zero-order chi connectivity index (χ0) is 27.2. The summed E-state index contributed by atoms with van der Waals surface area (Å²) in [4.78, 5) is 29.4. The normalized spacial score (nSPS) is 16.9. The van der Waals surface area contributed by atoms with Crippen molar-refractivity contribution in [3.8, 4) is 11.8 Å². The van der Waals surface area contributed by atoms with E-state index in [1.165, 1.54) is 0 Å². The second-order valence-electron chi connectivity index (χ2n) is 9.20. The Morgan fingerprint density at radius 2 is 1.62 bits per heavy atom. The number of amides is 1. The summed E-state index contributed by atoms with van der Waals surface area (Å²) < 4.78 is 48.9. The Hall–Kier alpha value is -4.13. The molecule has 0 radical (unpaired) electrons. The van der Waals surface area contributed by atoms with Crippen LogP contribution < -0.4 is 20.1 Å². The number of aromatic nitrogens is 3. The van der Waals surface area contributed by atoms with Crippen LogP contribution in [0.2, 0.25) is 0 Å². The van der Waals surface area contributed by atoms with Gasteiger partial charge in [0.2, 0.25) is 11.9 Å². The van der Waals surface area contributed by atoms with Crippen molar-refractivity contribution in [2.75, 3.05) is 56.6 Å². The predicted octanol–water partition coefficient (Wildman–Crippen LogP) is 3.71. The molecule has 6 aliphatic heterocycles. The molecule has 7 heterocycles. The smallest absolute Gasteiger partial charge is 0.422 e. The Kier molecular flexibility index (Phi) is 7.96. The van der Waals surface area contributed by atoms with Gasteiger partial charge in [0.25, 0.3) is 5.91 Å². The molecule has 2 N–H and O–H groups in total. The highest BCUT2D eigenvalue weighted by Crippen LogP contribution is 2.22. The minimum atomic E-state index is -4.55. The van der Waals surface area contributed by atoms with Crippen LogP contribution in [0.1, 0.15) is 22.3 Å². The second-order valence-corrected chi connectivity index (χ2v) is 9.20. The topological polar surface area (TPSA) is 105 Å². The van der Waals surface area contributed by atoms with Gasteiger partial charge in [-0.1, -0.05) is 12.1 Å². The number of rotatable bonds is 2. The Labute approximate surface area is 223 Å². The Balaban J connectivity index is 1.39. The highest BCUT2D eigenvalue weighted by molar-refractivity contribution is 5.94. The van der Waals surface area contributed by atoms with E-state index in [9.17, 15) is 18.0 Å². The zero-order valence-corrected chi connectivity index (χ0v) is 21.1. The minimum absolute atomic E-state index is 0.0120. The van der Waals surface area contributed by atoms with E-state index in [0.29, 0.717) is 37.5 Å². The number of nitrogens with one attached hydrogen (secondary N) is 2. The summed E-state index contributed by atoms with van der Waals surface area (Å²) >= 11 is 0. The SMILES string of the molecule is O=C1c2ccc(cc2)Nc2nc(nc(OCC(F)(F)F)n2)NCc2ccc(cc2)OCCCN2CCN1CC2. The maximum absolute atomic E-state index is 13.0. The van der Waals surface area contributed by atoms with Crippen molar-refractivity contribution in [1.29, 1.82) is 0 Å². The van der Waals surface area contributed by atoms with Crippen LogP contribution in [-0.2, 0) is 6.54 Å². The van der Waals surface area contributed by atoms with Gasteiger partial charge in [-0.3, -0.25) is 9.69 Å². The maximum Gasteiger partial charge on any atom is 0.422 e. The molecule has 13 heteroatoms. The van der Waals surface area contributed by atoms with Crippen LogP contribution in [0.3, 0.4) is 0 Å². The fraction of sp³-hybridized carbons (Fsp3) is 0.385. The van der Waals surface area contributed by atoms with E-state index in [2.05, 4.69) is 30.5 Å². The van der Waals surface area contributed by atoms with E-state index in [-0.39, 0.29) is 17.8 Å². The van der Waals surface area contributed by atoms with Crippen LogP contribution in [0.5, 0.6) is 11.8 Å². The number of nitrogens with zero attached hydrogens (tertiary/aromatic N) is 5. The lowest BCUT2D eigenvalue weighted by Crippen LogP contribution is -2.49. The van der Waals surface area contributed by atoms with Crippen molar-refractivity contribution in [2.24, 2.45) is 0 Å². The van der Waals surface area contributed by atoms with Gasteiger partial charge in [-0.05, 0) is 48.4 Å². The Morgan fingerprint density at radius 3 is 2.33 bits per heavy atom. The highest BCUT2D eigenvalue weighted by atomic mass is 19.4. The first-order valence-electron chi connectivity index (χ1n) is 12.6. The van der Waals surface area contributed by atoms with Gasteiger partial charge in [0.1, 0.15) is 5.75 Å². The summed E-state index contributed by atoms with van der Waals surface area (Å²) in [5.74, 6) is 0.711. The summed E-state index contributed by atoms with van der Waals surface area (Å²) in [6, 6.07) is 13.8. The molecule has 10 nitrogen and oxygen atoms in total. The van der Waals surface area contributed by atoms with E-state index >= 15 is 0 Å². The first-order valence-corrected chi connectivity index (χ1v) is 12.6. The number of hydrogen-bond donors (Lipinski definition) is 2. The minimum Gasteiger partial charge on any atom is -0.494 e. The molecular formula is C26H28F3N7O3. The molecule has 0 saturated carbocycles. The van der Waals surface area contributed by atoms with Crippen molar-refractivity contribution < 1.29 is 27.4 Å². The van der Waals surface area contributed by atoms with Crippen molar-refractivity contribution in [3.05, 3.63) is 59.7 Å². The lowest BCUT2D eigenvalue weighted by Gasteiger charge is -2.34. The number of alkyl halides is 3. The number of anilines is 3. The van der Waals surface area contributed by atoms with Gasteiger partial charge >= 0.3 is 12.2 Å². The second kappa shape index (κ2) is 11.7. The first-order chi connectivity index (χ1) is 18.8. The lowest BCUT2D eigenvalue weighted by molar-refractivity contribution is -0.154. The van der Waals surface area contributed by atoms with Gasteiger partial charge in [0, 0.05) is 50.5 Å². The molecule has 1 amide bonds. The number of hydrogen-bond acceptors (Lipinski definition) is 9. The summed E-state index contributed by atoms with van der Waals surface area (Å²) in [6.45, 7) is 3.12. The van der Waals surface area contributed by atoms with Crippen molar-refractivity contribution in [3.63, 3.8) is 0 Å². The standard InChI is InChI=1S/C26H28F3N7O3/c27-26(28,29)17-39-25-33-23-30-16-18-2-8-21(9-3-18)38-15-1-10-35-11-13-36(14-12-35)22(37)19-4-6-20(7-5-19)31-24(32-23)34-25/h2-9H,1,10-17H2,(H2,30,31,32,33,34). The molecule has 206 valence electrons. The molecule has 0 aliphatic carbocycles. The first kappa shape index (κ1) is 26.5. The molecule has 0 atom stereocenters. The molecule has 39 heavy (non-hydrogen) atoms. The highest BCUT2D eigenvalue weighted by Gasteiger charge is 2.29. The van der Waals surface area contributed by atoms with Crippen LogP contribution in [0, 0.1) is 0 Å². The summed E-state index contributed by atoms with van der Waals surface area (Å²) in [5, 5.41) is 5.95. The van der Waals surface area contributed by atoms with Crippen molar-refractivity contribution in [2.45, 2.75) is 19.1 Å². The number of ether oxygens (including phenoxy) is 2. The average molecular weight is 544 g/mol. The monoisotopic (exact) mass is 543 g/mol. The van der Waals surface area contributed by atoms with E-state index < -0.39 is 18.8 Å². The predicted molar refractivity (Wildman–Crippen MR) is 137 cm³/mol. The molecule has 1 fully saturated rings. The fourth-order valence-corrected chi connectivity index (χ4v) is 4.25.